The molecule has 0 rings (SSSR count). The van der Waals surface area contributed by atoms with Crippen molar-refractivity contribution in [2.24, 2.45) is 0 Å². The minimum Gasteiger partial charge on any atom is -0.307 e. The number of aldehydes is 1. The molecule has 0 atom stereocenters. The summed E-state index contributed by atoms with van der Waals surface area (Å²) in [5.41, 5.74) is 0. The molecule has 0 fully saturated rings. The standard InChI is InChI=1S/C2H4O.H2O2S/c1-2-3;1-3-2/h2H,1H3;1-2H. The minimum absolute atomic E-state index is 0.250. The molecule has 4 heteroatoms. The van der Waals surface area contributed by atoms with E-state index in [0.29, 0.717) is 0 Å². The Hall–Kier alpha value is -0.0600. The predicted octanol–water partition coefficient (Wildman–Crippen LogP) is 0.871. The Balaban J connectivity index is 0. The molecule has 0 heterocycles. The second kappa shape index (κ2) is 20.4. The fourth-order valence-corrected chi connectivity index (χ4v) is 0. The minimum atomic E-state index is -0.250. The van der Waals surface area contributed by atoms with E-state index in [0.717, 1.165) is 6.29 Å². The topological polar surface area (TPSA) is 57.5 Å². The number of hydrogen-bond acceptors (Lipinski definition) is 4. The van der Waals surface area contributed by atoms with Crippen LogP contribution in [0.2, 0.25) is 0 Å². The lowest BCUT2D eigenvalue weighted by atomic mass is 11.0. The highest BCUT2D eigenvalue weighted by Crippen LogP contribution is 1.67. The van der Waals surface area contributed by atoms with Gasteiger partial charge in [-0.1, -0.05) is 0 Å². The highest BCUT2D eigenvalue weighted by molar-refractivity contribution is 7.87. The van der Waals surface area contributed by atoms with Crippen molar-refractivity contribution in [3.05, 3.63) is 0 Å². The molecular formula is C2H6O3S. The van der Waals surface area contributed by atoms with Gasteiger partial charge in [0.1, 0.15) is 6.29 Å². The van der Waals surface area contributed by atoms with E-state index in [-0.39, 0.29) is 12.3 Å². The molecule has 2 N–H and O–H groups in total. The highest BCUT2D eigenvalue weighted by atomic mass is 32.2. The fraction of sp³-hybridized carbons (Fsp3) is 0.500. The van der Waals surface area contributed by atoms with Gasteiger partial charge < -0.3 is 13.9 Å². The first-order valence-electron chi connectivity index (χ1n) is 1.18. The van der Waals surface area contributed by atoms with Gasteiger partial charge in [-0.2, -0.15) is 0 Å². The molecule has 0 aromatic heterocycles. The number of carbonyl (C=O) groups is 1. The van der Waals surface area contributed by atoms with Gasteiger partial charge in [-0.15, -0.1) is 0 Å². The zero-order chi connectivity index (χ0) is 5.41. The first kappa shape index (κ1) is 9.34. The second-order valence-electron chi connectivity index (χ2n) is 0.317. The van der Waals surface area contributed by atoms with E-state index < -0.39 is 0 Å². The maximum atomic E-state index is 8.81. The Morgan fingerprint density at radius 2 is 1.67 bits per heavy atom. The van der Waals surface area contributed by atoms with Crippen molar-refractivity contribution in [1.82, 2.24) is 0 Å². The summed E-state index contributed by atoms with van der Waals surface area (Å²) in [6.45, 7) is 1.44. The molecular weight excluding hydrogens is 104 g/mol. The molecule has 0 saturated carbocycles. The third kappa shape index (κ3) is 9460. The van der Waals surface area contributed by atoms with Gasteiger partial charge in [-0.05, 0) is 6.92 Å². The fourth-order valence-electron chi connectivity index (χ4n) is 0. The van der Waals surface area contributed by atoms with Crippen LogP contribution in [0.5, 0.6) is 0 Å². The SMILES string of the molecule is CC=O.OSO. The maximum absolute atomic E-state index is 8.81. The van der Waals surface area contributed by atoms with Crippen molar-refractivity contribution in [3.8, 4) is 0 Å². The molecule has 38 valence electrons. The Bertz CT molecular complexity index is 22.8. The van der Waals surface area contributed by atoms with Crippen LogP contribution >= 0.6 is 12.3 Å². The Morgan fingerprint density at radius 3 is 1.67 bits per heavy atom. The van der Waals surface area contributed by atoms with Gasteiger partial charge in [0.15, 0.2) is 12.3 Å². The van der Waals surface area contributed by atoms with E-state index in [1.807, 2.05) is 0 Å². The zero-order valence-electron chi connectivity index (χ0n) is 3.29. The number of rotatable bonds is 0. The molecule has 0 bridgehead atoms. The van der Waals surface area contributed by atoms with E-state index in [2.05, 4.69) is 0 Å². The van der Waals surface area contributed by atoms with Crippen molar-refractivity contribution < 1.29 is 13.9 Å². The molecule has 6 heavy (non-hydrogen) atoms. The molecule has 0 aliphatic carbocycles. The summed E-state index contributed by atoms with van der Waals surface area (Å²) in [7, 11) is 0. The summed E-state index contributed by atoms with van der Waals surface area (Å²) >= 11 is -0.250. The number of hydrogen-bond donors (Lipinski definition) is 2. The van der Waals surface area contributed by atoms with E-state index in [4.69, 9.17) is 13.9 Å². The van der Waals surface area contributed by atoms with Gasteiger partial charge >= 0.3 is 0 Å². The largest absolute Gasteiger partial charge is 0.307 e. The van der Waals surface area contributed by atoms with Crippen LogP contribution in [-0.4, -0.2) is 15.4 Å². The van der Waals surface area contributed by atoms with Gasteiger partial charge in [0.2, 0.25) is 0 Å². The van der Waals surface area contributed by atoms with Crippen molar-refractivity contribution in [1.29, 1.82) is 0 Å². The second-order valence-corrected chi connectivity index (χ2v) is 0.481. The van der Waals surface area contributed by atoms with E-state index >= 15 is 0 Å². The van der Waals surface area contributed by atoms with Gasteiger partial charge in [0.25, 0.3) is 0 Å². The summed E-state index contributed by atoms with van der Waals surface area (Å²) in [6.07, 6.45) is 0.750. The lowest BCUT2D eigenvalue weighted by Crippen LogP contribution is -1.36. The van der Waals surface area contributed by atoms with Crippen LogP contribution in [0.1, 0.15) is 6.92 Å². The third-order valence-electron chi connectivity index (χ3n) is 0. The van der Waals surface area contributed by atoms with E-state index in [1.54, 1.807) is 0 Å². The van der Waals surface area contributed by atoms with Crippen molar-refractivity contribution in [2.75, 3.05) is 0 Å². The molecule has 3 nitrogen and oxygen atoms in total. The first-order chi connectivity index (χ1) is 2.83. The summed E-state index contributed by atoms with van der Waals surface area (Å²) in [6, 6.07) is 0. The van der Waals surface area contributed by atoms with Gasteiger partial charge in [-0.3, -0.25) is 0 Å². The van der Waals surface area contributed by atoms with E-state index in [1.165, 1.54) is 6.92 Å². The summed E-state index contributed by atoms with van der Waals surface area (Å²) in [5.74, 6) is 0. The molecule has 0 aliphatic rings. The van der Waals surface area contributed by atoms with Crippen LogP contribution in [0.15, 0.2) is 0 Å². The van der Waals surface area contributed by atoms with Gasteiger partial charge in [0, 0.05) is 0 Å². The molecule has 0 radical (unpaired) electrons. The van der Waals surface area contributed by atoms with Crippen LogP contribution in [0.25, 0.3) is 0 Å². The van der Waals surface area contributed by atoms with Gasteiger partial charge in [0.05, 0.1) is 0 Å². The zero-order valence-corrected chi connectivity index (χ0v) is 4.10. The van der Waals surface area contributed by atoms with Crippen LogP contribution in [0.3, 0.4) is 0 Å². The Morgan fingerprint density at radius 1 is 1.67 bits per heavy atom. The molecule has 0 aromatic carbocycles. The average Bonchev–Trinajstić information content (AvgIpc) is 1.39. The molecule has 0 aliphatic heterocycles. The summed E-state index contributed by atoms with van der Waals surface area (Å²) < 4.78 is 14.1. The lowest BCUT2D eigenvalue weighted by molar-refractivity contribution is -0.106. The van der Waals surface area contributed by atoms with Crippen LogP contribution in [-0.2, 0) is 4.79 Å². The summed E-state index contributed by atoms with van der Waals surface area (Å²) in [5, 5.41) is 0. The van der Waals surface area contributed by atoms with E-state index in [9.17, 15) is 0 Å². The van der Waals surface area contributed by atoms with Crippen molar-refractivity contribution >= 4 is 18.6 Å². The molecule has 0 unspecified atom stereocenters. The van der Waals surface area contributed by atoms with Crippen LogP contribution in [0.4, 0.5) is 0 Å². The average molecular weight is 110 g/mol. The smallest absolute Gasteiger partial charge is 0.152 e. The van der Waals surface area contributed by atoms with Crippen LogP contribution in [0, 0.1) is 0 Å². The molecule has 0 aromatic rings. The quantitative estimate of drug-likeness (QED) is 0.359. The molecule has 0 saturated heterocycles. The lowest BCUT2D eigenvalue weighted by Gasteiger charge is -1.51. The Labute approximate surface area is 40.4 Å². The van der Waals surface area contributed by atoms with Crippen molar-refractivity contribution in [3.63, 3.8) is 0 Å². The molecule has 0 spiro atoms. The number of carbonyl (C=O) groups excluding carboxylic acids is 1. The highest BCUT2D eigenvalue weighted by Gasteiger charge is 1.36. The summed E-state index contributed by atoms with van der Waals surface area (Å²) in [4.78, 5) is 8.81. The predicted molar refractivity (Wildman–Crippen MR) is 24.6 cm³/mol. The van der Waals surface area contributed by atoms with Gasteiger partial charge in [-0.25, -0.2) is 0 Å². The Kier molecular flexibility index (Phi) is 31.7. The monoisotopic (exact) mass is 110 g/mol. The van der Waals surface area contributed by atoms with Crippen LogP contribution < -0.4 is 0 Å². The normalized spacial score (nSPS) is 5.17. The molecule has 0 amide bonds. The first-order valence-corrected chi connectivity index (χ1v) is 1.91. The van der Waals surface area contributed by atoms with Crippen molar-refractivity contribution in [2.45, 2.75) is 6.92 Å². The maximum Gasteiger partial charge on any atom is 0.152 e. The third-order valence-corrected chi connectivity index (χ3v) is 0.